The Kier molecular flexibility index (Phi) is 4.93. The minimum absolute atomic E-state index is 0.820. The fraction of sp³-hybridized carbons (Fsp3) is 0.296. The largest absolute Gasteiger partial charge is 0.497 e. The molecule has 0 bridgehead atoms. The zero-order valence-electron chi connectivity index (χ0n) is 17.4. The molecule has 1 heterocycles. The third-order valence-corrected chi connectivity index (χ3v) is 6.54. The van der Waals surface area contributed by atoms with E-state index in [-0.39, 0.29) is 0 Å². The Morgan fingerprint density at radius 2 is 1.63 bits per heavy atom. The smallest absolute Gasteiger partial charge is 0.118 e. The van der Waals surface area contributed by atoms with Crippen molar-refractivity contribution in [1.29, 1.82) is 5.26 Å². The monoisotopic (exact) mass is 394 g/mol. The van der Waals surface area contributed by atoms with Gasteiger partial charge in [-0.15, -0.1) is 0 Å². The van der Waals surface area contributed by atoms with E-state index in [4.69, 9.17) is 4.74 Å². The summed E-state index contributed by atoms with van der Waals surface area (Å²) in [5.74, 6) is 0.830. The van der Waals surface area contributed by atoms with Gasteiger partial charge in [-0.3, -0.25) is 0 Å². The number of nitriles is 1. The van der Waals surface area contributed by atoms with Gasteiger partial charge in [-0.05, 0) is 78.1 Å². The molecule has 1 saturated heterocycles. The van der Waals surface area contributed by atoms with Crippen molar-refractivity contribution in [1.82, 2.24) is 0 Å². The molecule has 2 aliphatic rings. The molecule has 5 rings (SSSR count). The molecule has 0 spiro atoms. The number of hydrogen-bond acceptors (Lipinski definition) is 3. The standard InChI is InChI=1S/C27H26N2O/c1-30-21-12-9-20(10-13-21)24-17-25-22-8-4-3-7-19(22)11-14-23(25)27(26(24)18-28)29-15-5-2-6-16-29/h3-4,7-10,12-13,17H,2,5-6,11,14-16H2,1H3. The van der Waals surface area contributed by atoms with E-state index in [0.29, 0.717) is 0 Å². The van der Waals surface area contributed by atoms with Crippen molar-refractivity contribution in [3.8, 4) is 34.1 Å². The van der Waals surface area contributed by atoms with Crippen LogP contribution >= 0.6 is 0 Å². The lowest BCUT2D eigenvalue weighted by molar-refractivity contribution is 0.415. The molecule has 30 heavy (non-hydrogen) atoms. The lowest BCUT2D eigenvalue weighted by Crippen LogP contribution is -2.31. The Labute approximate surface area is 178 Å². The molecule has 3 aromatic carbocycles. The molecule has 0 radical (unpaired) electrons. The summed E-state index contributed by atoms with van der Waals surface area (Å²) in [6, 6.07) is 21.7. The second-order valence-electron chi connectivity index (χ2n) is 8.22. The Morgan fingerprint density at radius 3 is 2.37 bits per heavy atom. The van der Waals surface area contributed by atoms with Crippen molar-refractivity contribution in [2.45, 2.75) is 32.1 Å². The van der Waals surface area contributed by atoms with Gasteiger partial charge in [0.1, 0.15) is 11.8 Å². The Morgan fingerprint density at radius 1 is 0.867 bits per heavy atom. The second-order valence-corrected chi connectivity index (χ2v) is 8.22. The molecule has 3 aromatic rings. The zero-order valence-corrected chi connectivity index (χ0v) is 17.4. The predicted molar refractivity (Wildman–Crippen MR) is 122 cm³/mol. The molecule has 0 unspecified atom stereocenters. The third-order valence-electron chi connectivity index (χ3n) is 6.54. The van der Waals surface area contributed by atoms with Crippen LogP contribution in [0.3, 0.4) is 0 Å². The summed E-state index contributed by atoms with van der Waals surface area (Å²) in [6.07, 6.45) is 5.71. The molecule has 1 aliphatic heterocycles. The van der Waals surface area contributed by atoms with Crippen LogP contribution < -0.4 is 9.64 Å². The van der Waals surface area contributed by atoms with Crippen LogP contribution in [0.5, 0.6) is 5.75 Å². The molecule has 3 nitrogen and oxygen atoms in total. The average Bonchev–Trinajstić information content (AvgIpc) is 2.83. The molecule has 0 atom stereocenters. The van der Waals surface area contributed by atoms with Crippen LogP contribution in [-0.4, -0.2) is 20.2 Å². The fourth-order valence-electron chi connectivity index (χ4n) is 5.04. The van der Waals surface area contributed by atoms with Gasteiger partial charge in [0.15, 0.2) is 0 Å². The number of rotatable bonds is 3. The van der Waals surface area contributed by atoms with E-state index in [1.165, 1.54) is 47.2 Å². The van der Waals surface area contributed by atoms with Crippen molar-refractivity contribution in [3.63, 3.8) is 0 Å². The van der Waals surface area contributed by atoms with Gasteiger partial charge in [0.2, 0.25) is 0 Å². The maximum atomic E-state index is 10.3. The van der Waals surface area contributed by atoms with Crippen LogP contribution in [0.4, 0.5) is 5.69 Å². The van der Waals surface area contributed by atoms with Crippen molar-refractivity contribution in [2.24, 2.45) is 0 Å². The Hall–Kier alpha value is -3.25. The van der Waals surface area contributed by atoms with Gasteiger partial charge in [0.05, 0.1) is 18.4 Å². The molecule has 1 fully saturated rings. The first-order valence-corrected chi connectivity index (χ1v) is 10.9. The van der Waals surface area contributed by atoms with Gasteiger partial charge in [0.25, 0.3) is 0 Å². The maximum Gasteiger partial charge on any atom is 0.118 e. The van der Waals surface area contributed by atoms with Crippen LogP contribution in [0.2, 0.25) is 0 Å². The van der Waals surface area contributed by atoms with Crippen molar-refractivity contribution >= 4 is 5.69 Å². The van der Waals surface area contributed by atoms with Gasteiger partial charge in [-0.25, -0.2) is 0 Å². The topological polar surface area (TPSA) is 36.3 Å². The van der Waals surface area contributed by atoms with Crippen LogP contribution in [0.15, 0.2) is 54.6 Å². The molecule has 0 saturated carbocycles. The summed E-state index contributed by atoms with van der Waals surface area (Å²) in [5.41, 5.74) is 9.45. The number of benzene rings is 3. The first-order valence-electron chi connectivity index (χ1n) is 10.9. The molecule has 1 aliphatic carbocycles. The number of ether oxygens (including phenoxy) is 1. The summed E-state index contributed by atoms with van der Waals surface area (Å²) in [4.78, 5) is 2.47. The fourth-order valence-corrected chi connectivity index (χ4v) is 5.04. The lowest BCUT2D eigenvalue weighted by Gasteiger charge is -2.35. The van der Waals surface area contributed by atoms with Crippen molar-refractivity contribution in [3.05, 3.63) is 71.3 Å². The summed E-state index contributed by atoms with van der Waals surface area (Å²) in [7, 11) is 1.68. The van der Waals surface area contributed by atoms with E-state index in [1.54, 1.807) is 7.11 Å². The number of piperidine rings is 1. The quantitative estimate of drug-likeness (QED) is 0.547. The third kappa shape index (κ3) is 3.13. The number of nitrogens with zero attached hydrogens (tertiary/aromatic N) is 2. The van der Waals surface area contributed by atoms with Gasteiger partial charge < -0.3 is 9.64 Å². The summed E-state index contributed by atoms with van der Waals surface area (Å²) in [6.45, 7) is 2.07. The Bertz CT molecular complexity index is 1120. The first-order chi connectivity index (χ1) is 14.8. The normalized spacial score (nSPS) is 15.1. The highest BCUT2D eigenvalue weighted by Crippen LogP contribution is 2.45. The zero-order chi connectivity index (χ0) is 20.5. The molecule has 0 N–H and O–H groups in total. The minimum atomic E-state index is 0.820. The summed E-state index contributed by atoms with van der Waals surface area (Å²) < 4.78 is 5.34. The maximum absolute atomic E-state index is 10.3. The molecule has 0 amide bonds. The molecular formula is C27H26N2O. The molecular weight excluding hydrogens is 368 g/mol. The van der Waals surface area contributed by atoms with E-state index in [1.807, 2.05) is 12.1 Å². The highest BCUT2D eigenvalue weighted by Gasteiger charge is 2.27. The average molecular weight is 395 g/mol. The van der Waals surface area contributed by atoms with Crippen LogP contribution in [0.1, 0.15) is 36.0 Å². The summed E-state index contributed by atoms with van der Waals surface area (Å²) >= 11 is 0. The van der Waals surface area contributed by atoms with E-state index < -0.39 is 0 Å². The molecule has 0 aromatic heterocycles. The minimum Gasteiger partial charge on any atom is -0.497 e. The van der Waals surface area contributed by atoms with Crippen LogP contribution in [0, 0.1) is 11.3 Å². The number of anilines is 1. The van der Waals surface area contributed by atoms with Crippen LogP contribution in [0.25, 0.3) is 22.3 Å². The van der Waals surface area contributed by atoms with Gasteiger partial charge >= 0.3 is 0 Å². The van der Waals surface area contributed by atoms with E-state index in [0.717, 1.165) is 48.4 Å². The number of methoxy groups -OCH3 is 1. The highest BCUT2D eigenvalue weighted by atomic mass is 16.5. The SMILES string of the molecule is COc1ccc(-c2cc3c(c(N4CCCCC4)c2C#N)CCc2ccccc2-3)cc1. The van der Waals surface area contributed by atoms with Gasteiger partial charge in [0, 0.05) is 18.7 Å². The lowest BCUT2D eigenvalue weighted by atomic mass is 9.80. The Balaban J connectivity index is 1.78. The predicted octanol–water partition coefficient (Wildman–Crippen LogP) is 5.99. The number of hydrogen-bond donors (Lipinski definition) is 0. The highest BCUT2D eigenvalue weighted by molar-refractivity contribution is 5.90. The van der Waals surface area contributed by atoms with Crippen molar-refractivity contribution < 1.29 is 4.74 Å². The second kappa shape index (κ2) is 7.88. The van der Waals surface area contributed by atoms with Gasteiger partial charge in [-0.2, -0.15) is 5.26 Å². The van der Waals surface area contributed by atoms with Crippen LogP contribution in [-0.2, 0) is 12.8 Å². The first kappa shape index (κ1) is 18.8. The number of aryl methyl sites for hydroxylation is 1. The summed E-state index contributed by atoms with van der Waals surface area (Å²) in [5, 5.41) is 10.3. The van der Waals surface area contributed by atoms with E-state index in [2.05, 4.69) is 53.4 Å². The molecule has 3 heteroatoms. The molecule has 150 valence electrons. The van der Waals surface area contributed by atoms with Crippen molar-refractivity contribution in [2.75, 3.05) is 25.1 Å². The van der Waals surface area contributed by atoms with Gasteiger partial charge in [-0.1, -0.05) is 36.4 Å². The number of fused-ring (bicyclic) bond motifs is 3. The van der Waals surface area contributed by atoms with E-state index >= 15 is 0 Å². The van der Waals surface area contributed by atoms with E-state index in [9.17, 15) is 5.26 Å².